The molecule has 0 bridgehead atoms. The second-order valence-corrected chi connectivity index (χ2v) is 11.2. The van der Waals surface area contributed by atoms with Crippen molar-refractivity contribution in [2.24, 2.45) is 11.0 Å². The molecule has 1 unspecified atom stereocenters. The van der Waals surface area contributed by atoms with E-state index in [2.05, 4.69) is 15.1 Å². The van der Waals surface area contributed by atoms with E-state index >= 15 is 0 Å². The molecule has 1 aromatic heterocycles. The molecule has 1 amide bonds. The molecule has 0 saturated carbocycles. The van der Waals surface area contributed by atoms with Crippen molar-refractivity contribution in [3.63, 3.8) is 0 Å². The van der Waals surface area contributed by atoms with Crippen LogP contribution in [0.4, 0.5) is 5.69 Å². The monoisotopic (exact) mass is 684 g/mol. The summed E-state index contributed by atoms with van der Waals surface area (Å²) in [5, 5.41) is 25.9. The molecule has 1 atom stereocenters. The molecule has 1 aliphatic heterocycles. The maximum Gasteiger partial charge on any atom is 1.00 e. The Bertz CT molecular complexity index is 1850. The first-order chi connectivity index (χ1) is 19.2. The number of allylic oxidation sites excluding steroid dienone is 1. The largest absolute Gasteiger partial charge is 1.00 e. The molecule has 16 nitrogen and oxygen atoms in total. The predicted octanol–water partition coefficient (Wildman–Crippen LogP) is -5.41. The van der Waals surface area contributed by atoms with Crippen molar-refractivity contribution >= 4 is 49.6 Å². The Morgan fingerprint density at radius 3 is 1.93 bits per heavy atom. The summed E-state index contributed by atoms with van der Waals surface area (Å²) in [5.74, 6) is -3.16. The number of aromatic nitrogens is 2. The molecule has 3 aromatic rings. The summed E-state index contributed by atoms with van der Waals surface area (Å²) in [4.78, 5) is 40.9. The Labute approximate surface area is 328 Å². The number of carbonyl (C=O) groups excluding carboxylic acids is 1. The Morgan fingerprint density at radius 2 is 1.47 bits per heavy atom. The van der Waals surface area contributed by atoms with Gasteiger partial charge >= 0.3 is 109 Å². The maximum atomic E-state index is 13.1. The second-order valence-electron chi connectivity index (χ2n) is 8.45. The third kappa shape index (κ3) is 8.75. The van der Waals surface area contributed by atoms with E-state index in [9.17, 15) is 45.4 Å². The van der Waals surface area contributed by atoms with Gasteiger partial charge in [0.05, 0.1) is 38.4 Å². The van der Waals surface area contributed by atoms with Gasteiger partial charge in [0, 0.05) is 0 Å². The van der Waals surface area contributed by atoms with Gasteiger partial charge in [-0.25, -0.2) is 36.2 Å². The first-order valence-corrected chi connectivity index (χ1v) is 14.1. The molecule has 1 aliphatic rings. The third-order valence-corrected chi connectivity index (χ3v) is 7.60. The summed E-state index contributed by atoms with van der Waals surface area (Å²) in [6.45, 7) is -0.486. The van der Waals surface area contributed by atoms with Crippen molar-refractivity contribution in [3.8, 4) is 5.69 Å². The number of H-pyrrole nitrogens is 1. The zero-order chi connectivity index (χ0) is 30.1. The molecule has 0 saturated heterocycles. The topological polar surface area (TPSA) is 252 Å². The van der Waals surface area contributed by atoms with E-state index in [0.29, 0.717) is 0 Å². The molecule has 0 radical (unpaired) electrons. The number of hydrogen-bond acceptors (Lipinski definition) is 12. The van der Waals surface area contributed by atoms with Gasteiger partial charge < -0.3 is 14.2 Å². The molecule has 0 fully saturated rings. The van der Waals surface area contributed by atoms with Gasteiger partial charge in [0.25, 0.3) is 11.5 Å². The van der Waals surface area contributed by atoms with Gasteiger partial charge in [-0.3, -0.25) is 19.9 Å². The molecule has 3 N–H and O–H groups in total. The normalized spacial score (nSPS) is 15.2. The van der Waals surface area contributed by atoms with E-state index in [-0.39, 0.29) is 132 Å². The van der Waals surface area contributed by atoms with Crippen molar-refractivity contribution < 1.29 is 154 Å². The maximum absolute atomic E-state index is 13.1. The molecular weight excluding hydrogens is 667 g/mol. The van der Waals surface area contributed by atoms with E-state index in [1.54, 1.807) is 0 Å². The number of aromatic amines is 1. The first kappa shape index (κ1) is 38.0. The number of aromatic carboxylic acids is 1. The van der Waals surface area contributed by atoms with E-state index in [1.807, 2.05) is 0 Å². The van der Waals surface area contributed by atoms with Gasteiger partial charge in [-0.15, -0.1) is 0 Å². The second kappa shape index (κ2) is 15.4. The number of benzene rings is 2. The van der Waals surface area contributed by atoms with Gasteiger partial charge in [0.15, 0.2) is 5.69 Å². The number of rotatable bonds is 10. The Hall–Kier alpha value is -1.19. The number of hydrogen-bond donors (Lipinski definition) is 3. The van der Waals surface area contributed by atoms with Gasteiger partial charge in [0.1, 0.15) is 26.8 Å². The minimum absolute atomic E-state index is 0. The third-order valence-electron chi connectivity index (χ3n) is 5.90. The Morgan fingerprint density at radius 1 is 0.953 bits per heavy atom. The van der Waals surface area contributed by atoms with Crippen LogP contribution in [0.15, 0.2) is 74.3 Å². The summed E-state index contributed by atoms with van der Waals surface area (Å²) < 4.78 is 67.8. The van der Waals surface area contributed by atoms with Crippen LogP contribution in [0, 0.1) is 5.92 Å². The van der Waals surface area contributed by atoms with Crippen LogP contribution in [-0.2, 0) is 29.9 Å². The van der Waals surface area contributed by atoms with Crippen LogP contribution in [0.3, 0.4) is 0 Å². The molecule has 2 aromatic carbocycles. The molecule has 43 heavy (non-hydrogen) atoms. The van der Waals surface area contributed by atoms with E-state index in [4.69, 9.17) is 5.26 Å². The molecule has 0 aliphatic carbocycles. The number of hydrazone groups is 1. The van der Waals surface area contributed by atoms with Crippen LogP contribution in [-0.4, -0.2) is 70.3 Å². The number of carboxylic acids is 1. The molecule has 2 heterocycles. The summed E-state index contributed by atoms with van der Waals surface area (Å²) in [6, 6.07) is 8.52. The molecule has 0 spiro atoms. The number of anilines is 1. The fraction of sp³-hybridized carbons (Fsp3) is 0.130. The Kier molecular flexibility index (Phi) is 13.6. The minimum atomic E-state index is -4.75. The van der Waals surface area contributed by atoms with E-state index in [1.165, 1.54) is 18.2 Å². The van der Waals surface area contributed by atoms with Crippen molar-refractivity contribution in [1.82, 2.24) is 9.78 Å². The first-order valence-electron chi connectivity index (χ1n) is 11.3. The van der Waals surface area contributed by atoms with E-state index in [0.717, 1.165) is 52.2 Å². The van der Waals surface area contributed by atoms with Crippen LogP contribution in [0.2, 0.25) is 0 Å². The quantitative estimate of drug-likeness (QED) is 0.0783. The van der Waals surface area contributed by atoms with Gasteiger partial charge in [-0.2, -0.15) is 5.10 Å². The minimum Gasteiger partial charge on any atom is -0.744 e. The smallest absolute Gasteiger partial charge is 0.744 e. The SMILES string of the molecule is O=C(O)c1[nH]n(-c2ccc(S(=O)(=O)[O-])cc2)c(=O)c1/C=C/CC1C(=O)N(c2ccc(S(=O)(=O)[O-])cc2)N=C1COO.[K+].[K+]. The standard InChI is InChI=1S/C23H20N4O12S2.2K/c28-21-17(19(12-39-32)24-26(21)13-4-8-15(9-5-13)40(33,34)35)2-1-3-18-20(23(30)31)25-27(22(18)29)14-6-10-16(11-7-14)41(36,37)38;;/h1,3-11,17,25,32H,2,12H2,(H,30,31)(H,33,34,35)(H,36,37,38);;/q;2*+1/p-2/b3-1+;;. The van der Waals surface area contributed by atoms with Crippen LogP contribution in [0.25, 0.3) is 11.8 Å². The summed E-state index contributed by atoms with van der Waals surface area (Å²) in [5.41, 5.74) is -1.46. The van der Waals surface area contributed by atoms with Crippen molar-refractivity contribution in [2.75, 3.05) is 11.6 Å². The molecular formula is C23H18K2N4O12S2. The molecule has 4 rings (SSSR count). The predicted molar refractivity (Wildman–Crippen MR) is 136 cm³/mol. The number of nitrogens with one attached hydrogen (secondary N) is 1. The molecule has 20 heteroatoms. The van der Waals surface area contributed by atoms with Crippen LogP contribution in [0.1, 0.15) is 22.5 Å². The fourth-order valence-electron chi connectivity index (χ4n) is 3.94. The summed E-state index contributed by atoms with van der Waals surface area (Å²) in [7, 11) is -9.47. The van der Waals surface area contributed by atoms with Crippen molar-refractivity contribution in [2.45, 2.75) is 16.2 Å². The number of amides is 1. The zero-order valence-corrected chi connectivity index (χ0v) is 30.3. The van der Waals surface area contributed by atoms with Gasteiger partial charge in [-0.05, 0) is 55.0 Å². The average Bonchev–Trinajstić information content (AvgIpc) is 3.40. The Balaban J connectivity index is 0.00000323. The van der Waals surface area contributed by atoms with Gasteiger partial charge in [0.2, 0.25) is 0 Å². The van der Waals surface area contributed by atoms with E-state index < -0.39 is 65.7 Å². The number of carboxylic acid groups (broad SMARTS) is 1. The van der Waals surface area contributed by atoms with Gasteiger partial charge in [-0.1, -0.05) is 12.2 Å². The number of nitrogens with zero attached hydrogens (tertiary/aromatic N) is 3. The van der Waals surface area contributed by atoms with Crippen molar-refractivity contribution in [3.05, 3.63) is 76.2 Å². The molecule has 216 valence electrons. The van der Waals surface area contributed by atoms with Crippen LogP contribution >= 0.6 is 0 Å². The van der Waals surface area contributed by atoms with Crippen LogP contribution in [0.5, 0.6) is 0 Å². The van der Waals surface area contributed by atoms with Crippen LogP contribution < -0.4 is 113 Å². The zero-order valence-electron chi connectivity index (χ0n) is 22.4. The number of carbonyl (C=O) groups is 2. The fourth-order valence-corrected chi connectivity index (χ4v) is 4.88. The average molecular weight is 685 g/mol. The summed E-state index contributed by atoms with van der Waals surface area (Å²) in [6.07, 6.45) is 2.33. The summed E-state index contributed by atoms with van der Waals surface area (Å²) >= 11 is 0. The van der Waals surface area contributed by atoms with Crippen molar-refractivity contribution in [1.29, 1.82) is 0 Å².